The van der Waals surface area contributed by atoms with Crippen LogP contribution in [0.3, 0.4) is 0 Å². The summed E-state index contributed by atoms with van der Waals surface area (Å²) in [5.41, 5.74) is 4.86. The standard InChI is InChI=1S/C23H21N3O2S/c1-3-16-5-7-17(8-6-16)21-15-29-22(26-21)19(13-24)14-25-20-11-9-18(10-12-20)23(27)28-4-2/h5-12,14-15,25H,3-4H2,1-2H3. The maximum Gasteiger partial charge on any atom is 0.338 e. The maximum absolute atomic E-state index is 11.7. The molecule has 1 aromatic heterocycles. The molecule has 3 rings (SSSR count). The van der Waals surface area contributed by atoms with Crippen LogP contribution in [0.25, 0.3) is 16.8 Å². The smallest absolute Gasteiger partial charge is 0.338 e. The van der Waals surface area contributed by atoms with E-state index in [0.29, 0.717) is 22.8 Å². The Hall–Kier alpha value is -3.43. The molecule has 5 nitrogen and oxygen atoms in total. The molecule has 0 radical (unpaired) electrons. The topological polar surface area (TPSA) is 75.0 Å². The number of rotatable bonds is 7. The Morgan fingerprint density at radius 3 is 2.52 bits per heavy atom. The average molecular weight is 404 g/mol. The number of nitriles is 1. The van der Waals surface area contributed by atoms with Gasteiger partial charge < -0.3 is 10.1 Å². The number of benzene rings is 2. The van der Waals surface area contributed by atoms with Crippen molar-refractivity contribution in [3.8, 4) is 17.3 Å². The third-order valence-corrected chi connectivity index (χ3v) is 5.17. The molecule has 0 aliphatic rings. The van der Waals surface area contributed by atoms with Gasteiger partial charge in [-0.25, -0.2) is 9.78 Å². The number of carbonyl (C=O) groups is 1. The molecule has 2 aromatic carbocycles. The second-order valence-corrected chi connectivity index (χ2v) is 7.06. The third-order valence-electron chi connectivity index (χ3n) is 4.29. The molecule has 0 bridgehead atoms. The lowest BCUT2D eigenvalue weighted by atomic mass is 10.1. The number of ether oxygens (including phenoxy) is 1. The molecule has 0 aliphatic heterocycles. The van der Waals surface area contributed by atoms with Gasteiger partial charge in [-0.05, 0) is 43.2 Å². The summed E-state index contributed by atoms with van der Waals surface area (Å²) in [4.78, 5) is 16.3. The molecule has 3 aromatic rings. The van der Waals surface area contributed by atoms with E-state index in [0.717, 1.165) is 23.4 Å². The van der Waals surface area contributed by atoms with E-state index in [-0.39, 0.29) is 5.97 Å². The molecular weight excluding hydrogens is 382 g/mol. The molecular formula is C23H21N3O2S. The maximum atomic E-state index is 11.7. The van der Waals surface area contributed by atoms with Gasteiger partial charge in [0.2, 0.25) is 0 Å². The monoisotopic (exact) mass is 403 g/mol. The van der Waals surface area contributed by atoms with Crippen molar-refractivity contribution in [1.82, 2.24) is 4.98 Å². The summed E-state index contributed by atoms with van der Waals surface area (Å²) >= 11 is 1.43. The Balaban J connectivity index is 1.72. The van der Waals surface area contributed by atoms with Gasteiger partial charge in [-0.3, -0.25) is 0 Å². The molecule has 0 fully saturated rings. The van der Waals surface area contributed by atoms with Crippen molar-refractivity contribution in [2.45, 2.75) is 20.3 Å². The number of allylic oxidation sites excluding steroid dienone is 1. The van der Waals surface area contributed by atoms with E-state index in [4.69, 9.17) is 4.74 Å². The van der Waals surface area contributed by atoms with Crippen LogP contribution >= 0.6 is 11.3 Å². The first-order valence-electron chi connectivity index (χ1n) is 9.33. The molecule has 0 atom stereocenters. The molecule has 0 unspecified atom stereocenters. The quantitative estimate of drug-likeness (QED) is 0.415. The highest BCUT2D eigenvalue weighted by atomic mass is 32.1. The average Bonchev–Trinajstić information content (AvgIpc) is 3.25. The van der Waals surface area contributed by atoms with E-state index in [1.165, 1.54) is 16.9 Å². The summed E-state index contributed by atoms with van der Waals surface area (Å²) in [6, 6.07) is 17.4. The number of nitrogens with zero attached hydrogens (tertiary/aromatic N) is 2. The van der Waals surface area contributed by atoms with Crippen LogP contribution in [0.2, 0.25) is 0 Å². The van der Waals surface area contributed by atoms with Gasteiger partial charge in [0.1, 0.15) is 16.6 Å². The number of aromatic nitrogens is 1. The zero-order chi connectivity index (χ0) is 20.6. The number of carbonyl (C=O) groups excluding carboxylic acids is 1. The first-order valence-corrected chi connectivity index (χ1v) is 10.2. The zero-order valence-electron chi connectivity index (χ0n) is 16.3. The lowest BCUT2D eigenvalue weighted by molar-refractivity contribution is 0.0526. The number of hydrogen-bond donors (Lipinski definition) is 1. The SMILES string of the molecule is CCOC(=O)c1ccc(NC=C(C#N)c2nc(-c3ccc(CC)cc3)cs2)cc1. The van der Waals surface area contributed by atoms with Gasteiger partial charge in [0, 0.05) is 22.8 Å². The second kappa shape index (κ2) is 9.67. The van der Waals surface area contributed by atoms with Crippen molar-refractivity contribution in [3.63, 3.8) is 0 Å². The van der Waals surface area contributed by atoms with Crippen molar-refractivity contribution in [1.29, 1.82) is 5.26 Å². The highest BCUT2D eigenvalue weighted by molar-refractivity contribution is 7.11. The Morgan fingerprint density at radius 1 is 1.17 bits per heavy atom. The fourth-order valence-corrected chi connectivity index (χ4v) is 3.45. The molecule has 1 heterocycles. The highest BCUT2D eigenvalue weighted by Gasteiger charge is 2.09. The van der Waals surface area contributed by atoms with Crippen molar-refractivity contribution >= 4 is 28.6 Å². The molecule has 6 heteroatoms. The van der Waals surface area contributed by atoms with Crippen molar-refractivity contribution in [3.05, 3.63) is 76.2 Å². The first kappa shape index (κ1) is 20.3. The molecule has 29 heavy (non-hydrogen) atoms. The van der Waals surface area contributed by atoms with Crippen LogP contribution in [-0.2, 0) is 11.2 Å². The van der Waals surface area contributed by atoms with Crippen LogP contribution in [0.4, 0.5) is 5.69 Å². The van der Waals surface area contributed by atoms with Gasteiger partial charge in [-0.15, -0.1) is 11.3 Å². The summed E-state index contributed by atoms with van der Waals surface area (Å²) < 4.78 is 4.97. The van der Waals surface area contributed by atoms with Crippen LogP contribution in [0.1, 0.15) is 34.8 Å². The first-order chi connectivity index (χ1) is 14.1. The van der Waals surface area contributed by atoms with E-state index in [1.807, 2.05) is 5.38 Å². The highest BCUT2D eigenvalue weighted by Crippen LogP contribution is 2.26. The van der Waals surface area contributed by atoms with Gasteiger partial charge in [0.25, 0.3) is 0 Å². The van der Waals surface area contributed by atoms with Crippen molar-refractivity contribution < 1.29 is 9.53 Å². The zero-order valence-corrected chi connectivity index (χ0v) is 17.1. The summed E-state index contributed by atoms with van der Waals surface area (Å²) in [7, 11) is 0. The van der Waals surface area contributed by atoms with Crippen LogP contribution in [0.5, 0.6) is 0 Å². The molecule has 0 spiro atoms. The molecule has 1 N–H and O–H groups in total. The summed E-state index contributed by atoms with van der Waals surface area (Å²) in [5, 5.41) is 15.2. The van der Waals surface area contributed by atoms with E-state index in [2.05, 4.69) is 47.6 Å². The van der Waals surface area contributed by atoms with Crippen molar-refractivity contribution in [2.75, 3.05) is 11.9 Å². The Labute approximate surface area is 174 Å². The molecule has 0 saturated carbocycles. The number of nitrogens with one attached hydrogen (secondary N) is 1. The lowest BCUT2D eigenvalue weighted by Gasteiger charge is -2.04. The van der Waals surface area contributed by atoms with Crippen LogP contribution < -0.4 is 5.32 Å². The predicted molar refractivity (Wildman–Crippen MR) is 117 cm³/mol. The normalized spacial score (nSPS) is 11.0. The number of esters is 1. The number of thiazole rings is 1. The van der Waals surface area contributed by atoms with Crippen molar-refractivity contribution in [2.24, 2.45) is 0 Å². The van der Waals surface area contributed by atoms with E-state index in [1.54, 1.807) is 37.4 Å². The van der Waals surface area contributed by atoms with Crippen LogP contribution in [-0.4, -0.2) is 17.6 Å². The molecule has 0 saturated heterocycles. The van der Waals surface area contributed by atoms with Gasteiger partial charge >= 0.3 is 5.97 Å². The summed E-state index contributed by atoms with van der Waals surface area (Å²) in [6.07, 6.45) is 2.62. The second-order valence-electron chi connectivity index (χ2n) is 6.20. The summed E-state index contributed by atoms with van der Waals surface area (Å²) in [6.45, 7) is 4.23. The van der Waals surface area contributed by atoms with Gasteiger partial charge in [-0.1, -0.05) is 31.2 Å². The minimum absolute atomic E-state index is 0.339. The fourth-order valence-electron chi connectivity index (χ4n) is 2.66. The van der Waals surface area contributed by atoms with Crippen LogP contribution in [0, 0.1) is 11.3 Å². The largest absolute Gasteiger partial charge is 0.462 e. The van der Waals surface area contributed by atoms with Gasteiger partial charge in [0.05, 0.1) is 17.9 Å². The Kier molecular flexibility index (Phi) is 6.77. The predicted octanol–water partition coefficient (Wildman–Crippen LogP) is 5.53. The fraction of sp³-hybridized carbons (Fsp3) is 0.174. The van der Waals surface area contributed by atoms with E-state index in [9.17, 15) is 10.1 Å². The molecule has 0 amide bonds. The molecule has 146 valence electrons. The number of aryl methyl sites for hydroxylation is 1. The van der Waals surface area contributed by atoms with Gasteiger partial charge in [-0.2, -0.15) is 5.26 Å². The summed E-state index contributed by atoms with van der Waals surface area (Å²) in [5.74, 6) is -0.352. The van der Waals surface area contributed by atoms with E-state index < -0.39 is 0 Å². The Bertz CT molecular complexity index is 1040. The third kappa shape index (κ3) is 5.09. The van der Waals surface area contributed by atoms with E-state index >= 15 is 0 Å². The minimum atomic E-state index is -0.352. The minimum Gasteiger partial charge on any atom is -0.462 e. The lowest BCUT2D eigenvalue weighted by Crippen LogP contribution is -2.04. The number of anilines is 1. The van der Waals surface area contributed by atoms with Gasteiger partial charge in [0.15, 0.2) is 0 Å². The number of hydrogen-bond acceptors (Lipinski definition) is 6. The van der Waals surface area contributed by atoms with Crippen LogP contribution in [0.15, 0.2) is 60.1 Å². The molecule has 0 aliphatic carbocycles. The Morgan fingerprint density at radius 2 is 1.90 bits per heavy atom.